The van der Waals surface area contributed by atoms with Crippen molar-refractivity contribution in [2.45, 2.75) is 33.3 Å². The Morgan fingerprint density at radius 2 is 2.20 bits per heavy atom. The minimum absolute atomic E-state index is 0.0533. The van der Waals surface area contributed by atoms with E-state index in [1.54, 1.807) is 0 Å². The molecule has 0 aliphatic carbocycles. The molecule has 2 N–H and O–H groups in total. The fraction of sp³-hybridized carbons (Fsp3) is 0.600. The SMILES string of the molecule is CCOCc1nc(O)c(C(C)C)c(=O)[nH]1. The highest BCUT2D eigenvalue weighted by atomic mass is 16.5. The molecule has 1 aromatic rings. The van der Waals surface area contributed by atoms with Crippen molar-refractivity contribution in [3.05, 3.63) is 21.7 Å². The third-order valence-electron chi connectivity index (χ3n) is 2.00. The predicted octanol–water partition coefficient (Wildman–Crippen LogP) is 1.14. The van der Waals surface area contributed by atoms with Gasteiger partial charge in [0.2, 0.25) is 5.88 Å². The van der Waals surface area contributed by atoms with E-state index in [0.29, 0.717) is 18.0 Å². The van der Waals surface area contributed by atoms with E-state index in [1.165, 1.54) is 0 Å². The number of hydrogen-bond donors (Lipinski definition) is 2. The van der Waals surface area contributed by atoms with Crippen molar-refractivity contribution < 1.29 is 9.84 Å². The van der Waals surface area contributed by atoms with Gasteiger partial charge in [-0.05, 0) is 12.8 Å². The van der Waals surface area contributed by atoms with Gasteiger partial charge in [0.05, 0.1) is 5.56 Å². The second kappa shape index (κ2) is 4.93. The Balaban J connectivity index is 3.03. The van der Waals surface area contributed by atoms with Gasteiger partial charge in [-0.25, -0.2) is 0 Å². The maximum atomic E-state index is 11.6. The first-order chi connectivity index (χ1) is 7.06. The fourth-order valence-corrected chi connectivity index (χ4v) is 1.30. The third kappa shape index (κ3) is 2.79. The van der Waals surface area contributed by atoms with Gasteiger partial charge in [0, 0.05) is 6.61 Å². The van der Waals surface area contributed by atoms with Crippen LogP contribution in [0.5, 0.6) is 5.88 Å². The molecule has 5 heteroatoms. The first-order valence-corrected chi connectivity index (χ1v) is 4.96. The van der Waals surface area contributed by atoms with E-state index >= 15 is 0 Å². The molecule has 1 heterocycles. The van der Waals surface area contributed by atoms with Crippen LogP contribution in [-0.4, -0.2) is 21.7 Å². The Hall–Kier alpha value is -1.36. The van der Waals surface area contributed by atoms with E-state index in [-0.39, 0.29) is 24.0 Å². The number of aromatic nitrogens is 2. The van der Waals surface area contributed by atoms with Gasteiger partial charge in [-0.3, -0.25) is 4.79 Å². The number of aromatic hydroxyl groups is 1. The molecule has 1 rings (SSSR count). The molecular formula is C10H16N2O3. The van der Waals surface area contributed by atoms with Gasteiger partial charge < -0.3 is 14.8 Å². The van der Waals surface area contributed by atoms with Crippen molar-refractivity contribution in [2.75, 3.05) is 6.61 Å². The second-order valence-electron chi connectivity index (χ2n) is 3.54. The van der Waals surface area contributed by atoms with Crippen LogP contribution in [0.25, 0.3) is 0 Å². The van der Waals surface area contributed by atoms with Crippen molar-refractivity contribution in [3.63, 3.8) is 0 Å². The summed E-state index contributed by atoms with van der Waals surface area (Å²) in [5, 5.41) is 9.56. The van der Waals surface area contributed by atoms with E-state index in [2.05, 4.69) is 9.97 Å². The number of ether oxygens (including phenoxy) is 1. The molecule has 0 saturated carbocycles. The zero-order valence-electron chi connectivity index (χ0n) is 9.20. The lowest BCUT2D eigenvalue weighted by Gasteiger charge is -2.07. The highest BCUT2D eigenvalue weighted by molar-refractivity contribution is 5.25. The monoisotopic (exact) mass is 212 g/mol. The maximum Gasteiger partial charge on any atom is 0.258 e. The Kier molecular flexibility index (Phi) is 3.85. The van der Waals surface area contributed by atoms with Gasteiger partial charge >= 0.3 is 0 Å². The highest BCUT2D eigenvalue weighted by Gasteiger charge is 2.13. The Labute approximate surface area is 88.1 Å². The molecule has 0 aliphatic heterocycles. The van der Waals surface area contributed by atoms with Crippen LogP contribution in [0.3, 0.4) is 0 Å². The average Bonchev–Trinajstić information content (AvgIpc) is 2.12. The lowest BCUT2D eigenvalue weighted by molar-refractivity contribution is 0.127. The smallest absolute Gasteiger partial charge is 0.258 e. The van der Waals surface area contributed by atoms with Gasteiger partial charge in [-0.1, -0.05) is 13.8 Å². The first kappa shape index (κ1) is 11.7. The van der Waals surface area contributed by atoms with Crippen molar-refractivity contribution >= 4 is 0 Å². The number of rotatable bonds is 4. The summed E-state index contributed by atoms with van der Waals surface area (Å²) in [5.41, 5.74) is 0.0162. The molecule has 0 radical (unpaired) electrons. The van der Waals surface area contributed by atoms with Crippen LogP contribution >= 0.6 is 0 Å². The minimum Gasteiger partial charge on any atom is -0.493 e. The molecule has 5 nitrogen and oxygen atoms in total. The van der Waals surface area contributed by atoms with Gasteiger partial charge in [0.1, 0.15) is 12.4 Å². The number of nitrogens with one attached hydrogen (secondary N) is 1. The number of hydrogen-bond acceptors (Lipinski definition) is 4. The molecule has 0 fully saturated rings. The minimum atomic E-state index is -0.299. The van der Waals surface area contributed by atoms with Crippen LogP contribution in [0.15, 0.2) is 4.79 Å². The van der Waals surface area contributed by atoms with Gasteiger partial charge in [0.25, 0.3) is 5.56 Å². The summed E-state index contributed by atoms with van der Waals surface area (Å²) in [6.07, 6.45) is 0. The van der Waals surface area contributed by atoms with Crippen molar-refractivity contribution in [1.82, 2.24) is 9.97 Å². The van der Waals surface area contributed by atoms with Crippen LogP contribution in [0.2, 0.25) is 0 Å². The second-order valence-corrected chi connectivity index (χ2v) is 3.54. The molecule has 0 unspecified atom stereocenters. The number of aromatic amines is 1. The molecule has 0 saturated heterocycles. The van der Waals surface area contributed by atoms with Crippen LogP contribution in [0, 0.1) is 0 Å². The molecule has 84 valence electrons. The predicted molar refractivity (Wildman–Crippen MR) is 55.9 cm³/mol. The first-order valence-electron chi connectivity index (χ1n) is 4.96. The summed E-state index contributed by atoms with van der Waals surface area (Å²) in [6, 6.07) is 0. The largest absolute Gasteiger partial charge is 0.493 e. The standard InChI is InChI=1S/C10H16N2O3/c1-4-15-5-7-11-9(13)8(6(2)3)10(14)12-7/h6H,4-5H2,1-3H3,(H2,11,12,13,14). The summed E-state index contributed by atoms with van der Waals surface area (Å²) in [7, 11) is 0. The van der Waals surface area contributed by atoms with Crippen molar-refractivity contribution in [3.8, 4) is 5.88 Å². The van der Waals surface area contributed by atoms with Gasteiger partial charge in [0.15, 0.2) is 0 Å². The Morgan fingerprint density at radius 3 is 2.67 bits per heavy atom. The molecule has 0 bridgehead atoms. The highest BCUT2D eigenvalue weighted by Crippen LogP contribution is 2.18. The van der Waals surface area contributed by atoms with Gasteiger partial charge in [-0.15, -0.1) is 0 Å². The summed E-state index contributed by atoms with van der Waals surface area (Å²) in [6.45, 7) is 6.25. The summed E-state index contributed by atoms with van der Waals surface area (Å²) in [4.78, 5) is 18.0. The van der Waals surface area contributed by atoms with E-state index in [1.807, 2.05) is 20.8 Å². The summed E-state index contributed by atoms with van der Waals surface area (Å²) >= 11 is 0. The Bertz CT molecular complexity index is 385. The Morgan fingerprint density at radius 1 is 1.53 bits per heavy atom. The number of nitrogens with zero attached hydrogens (tertiary/aromatic N) is 1. The number of H-pyrrole nitrogens is 1. The molecule has 0 atom stereocenters. The molecule has 0 spiro atoms. The van der Waals surface area contributed by atoms with E-state index in [9.17, 15) is 9.90 Å². The maximum absolute atomic E-state index is 11.6. The van der Waals surface area contributed by atoms with Crippen molar-refractivity contribution in [1.29, 1.82) is 0 Å². The van der Waals surface area contributed by atoms with Crippen LogP contribution in [-0.2, 0) is 11.3 Å². The van der Waals surface area contributed by atoms with Gasteiger partial charge in [-0.2, -0.15) is 4.98 Å². The van der Waals surface area contributed by atoms with E-state index < -0.39 is 0 Å². The average molecular weight is 212 g/mol. The lowest BCUT2D eigenvalue weighted by atomic mass is 10.1. The quantitative estimate of drug-likeness (QED) is 0.784. The molecule has 15 heavy (non-hydrogen) atoms. The molecule has 0 aromatic carbocycles. The molecular weight excluding hydrogens is 196 g/mol. The van der Waals surface area contributed by atoms with Crippen LogP contribution in [0.4, 0.5) is 0 Å². The van der Waals surface area contributed by atoms with Crippen molar-refractivity contribution in [2.24, 2.45) is 0 Å². The van der Waals surface area contributed by atoms with E-state index in [0.717, 1.165) is 0 Å². The van der Waals surface area contributed by atoms with Crippen LogP contribution in [0.1, 0.15) is 38.1 Å². The van der Waals surface area contributed by atoms with E-state index in [4.69, 9.17) is 4.74 Å². The summed E-state index contributed by atoms with van der Waals surface area (Å²) in [5.74, 6) is 0.0922. The summed E-state index contributed by atoms with van der Waals surface area (Å²) < 4.78 is 5.09. The molecule has 0 amide bonds. The normalized spacial score (nSPS) is 10.9. The fourth-order valence-electron chi connectivity index (χ4n) is 1.30. The third-order valence-corrected chi connectivity index (χ3v) is 2.00. The molecule has 1 aromatic heterocycles. The zero-order valence-corrected chi connectivity index (χ0v) is 9.20. The lowest BCUT2D eigenvalue weighted by Crippen LogP contribution is -2.18. The van der Waals surface area contributed by atoms with Crippen LogP contribution < -0.4 is 5.56 Å². The molecule has 0 aliphatic rings. The topological polar surface area (TPSA) is 75.2 Å². The zero-order chi connectivity index (χ0) is 11.4.